The van der Waals surface area contributed by atoms with Crippen LogP contribution < -0.4 is 11.2 Å². The summed E-state index contributed by atoms with van der Waals surface area (Å²) >= 11 is 0. The monoisotopic (exact) mass is 584 g/mol. The van der Waals surface area contributed by atoms with E-state index in [-0.39, 0.29) is 5.78 Å². The molecule has 1 heterocycles. The van der Waals surface area contributed by atoms with Gasteiger partial charge in [-0.05, 0) is 73.7 Å². The van der Waals surface area contributed by atoms with Crippen LogP contribution in [0.2, 0.25) is 0 Å². The van der Waals surface area contributed by atoms with Gasteiger partial charge in [0.05, 0.1) is 0 Å². The number of carbonyl (C=O) groups is 1. The molecule has 0 radical (unpaired) electrons. The number of benzene rings is 2. The average Bonchev–Trinajstić information content (AvgIpc) is 3.00. The Kier molecular flexibility index (Phi) is 17.8. The molecule has 4 N–H and O–H groups in total. The van der Waals surface area contributed by atoms with Gasteiger partial charge in [-0.1, -0.05) is 97.4 Å². The van der Waals surface area contributed by atoms with Crippen molar-refractivity contribution in [3.63, 3.8) is 0 Å². The number of aryl methyl sites for hydroxylation is 1. The Bertz CT molecular complexity index is 1320. The van der Waals surface area contributed by atoms with E-state index in [1.54, 1.807) is 19.2 Å². The molecule has 2 aromatic carbocycles. The molecule has 0 fully saturated rings. The topological polar surface area (TPSA) is 117 Å². The van der Waals surface area contributed by atoms with Crippen molar-refractivity contribution in [3.05, 3.63) is 77.0 Å². The standard InChI is InChI=1S/C24H24N6O.C8H18.C4H10/c1-15(17(3)31)12-19-4-5-20(13-16(19)2)24-27-11-10-23(29-24)28-21-8-6-18(7-9-21)22(14-25)30-26;1-4-5-6-7-8(2)3;1-3-4-2/h4-14,25H,26H2,1-3H3,(H,27,28,29);8H,4-7H2,1-3H3;3-4H2,1-2H3/b15-12+,25-14?,30-22+;;. The summed E-state index contributed by atoms with van der Waals surface area (Å²) in [5, 5.41) is 14.2. The predicted octanol–water partition coefficient (Wildman–Crippen LogP) is 9.53. The number of ketones is 1. The molecule has 0 saturated heterocycles. The number of Topliss-reactive ketones (excluding diaryl/α,β-unsaturated/α-hetero) is 1. The number of rotatable bonds is 12. The fourth-order valence-electron chi connectivity index (χ4n) is 3.75. The zero-order valence-corrected chi connectivity index (χ0v) is 27.5. The second kappa shape index (κ2) is 20.7. The van der Waals surface area contributed by atoms with Gasteiger partial charge in [-0.3, -0.25) is 4.79 Å². The van der Waals surface area contributed by atoms with E-state index >= 15 is 0 Å². The second-order valence-corrected chi connectivity index (χ2v) is 11.0. The van der Waals surface area contributed by atoms with Crippen LogP contribution in [-0.2, 0) is 4.79 Å². The normalized spacial score (nSPS) is 11.2. The first kappa shape index (κ1) is 36.9. The maximum atomic E-state index is 11.5. The third-order valence-corrected chi connectivity index (χ3v) is 6.72. The minimum absolute atomic E-state index is 0.0583. The number of nitrogens with one attached hydrogen (secondary N) is 2. The Morgan fingerprint density at radius 2 is 1.67 bits per heavy atom. The van der Waals surface area contributed by atoms with E-state index in [4.69, 9.17) is 11.3 Å². The number of hydrogen-bond acceptors (Lipinski definition) is 7. The number of allylic oxidation sites excluding steroid dienone is 1. The zero-order valence-electron chi connectivity index (χ0n) is 27.5. The number of carbonyl (C=O) groups excluding carboxylic acids is 1. The van der Waals surface area contributed by atoms with Crippen LogP contribution in [0.25, 0.3) is 17.5 Å². The van der Waals surface area contributed by atoms with Gasteiger partial charge in [0.2, 0.25) is 0 Å². The number of nitrogens with zero attached hydrogens (tertiary/aromatic N) is 3. The van der Waals surface area contributed by atoms with Crippen molar-refractivity contribution >= 4 is 35.3 Å². The van der Waals surface area contributed by atoms with Crippen molar-refractivity contribution in [3.8, 4) is 11.4 Å². The first-order valence-corrected chi connectivity index (χ1v) is 15.4. The third-order valence-electron chi connectivity index (χ3n) is 6.72. The van der Waals surface area contributed by atoms with Crippen LogP contribution >= 0.6 is 0 Å². The summed E-state index contributed by atoms with van der Waals surface area (Å²) in [4.78, 5) is 20.5. The van der Waals surface area contributed by atoms with Crippen LogP contribution in [0.1, 0.15) is 104 Å². The van der Waals surface area contributed by atoms with Gasteiger partial charge in [0.15, 0.2) is 11.6 Å². The van der Waals surface area contributed by atoms with Crippen molar-refractivity contribution in [2.45, 2.75) is 93.9 Å². The largest absolute Gasteiger partial charge is 0.340 e. The lowest BCUT2D eigenvalue weighted by molar-refractivity contribution is -0.113. The zero-order chi connectivity index (χ0) is 32.2. The van der Waals surface area contributed by atoms with Gasteiger partial charge < -0.3 is 16.6 Å². The van der Waals surface area contributed by atoms with E-state index in [9.17, 15) is 4.79 Å². The van der Waals surface area contributed by atoms with E-state index in [1.165, 1.54) is 38.5 Å². The summed E-state index contributed by atoms with van der Waals surface area (Å²) in [5.74, 6) is 7.51. The van der Waals surface area contributed by atoms with Gasteiger partial charge in [-0.25, -0.2) is 9.97 Å². The highest BCUT2D eigenvalue weighted by Gasteiger charge is 2.07. The van der Waals surface area contributed by atoms with E-state index in [2.05, 4.69) is 55.0 Å². The summed E-state index contributed by atoms with van der Waals surface area (Å²) in [6.45, 7) is 16.6. The number of nitrogens with two attached hydrogens (primary N) is 1. The second-order valence-electron chi connectivity index (χ2n) is 11.0. The number of anilines is 2. The first-order chi connectivity index (χ1) is 20.6. The summed E-state index contributed by atoms with van der Waals surface area (Å²) in [7, 11) is 0. The van der Waals surface area contributed by atoms with E-state index in [0.717, 1.165) is 45.6 Å². The molecule has 0 amide bonds. The van der Waals surface area contributed by atoms with Gasteiger partial charge in [-0.15, -0.1) is 0 Å². The maximum absolute atomic E-state index is 11.5. The molecule has 1 aromatic heterocycles. The average molecular weight is 585 g/mol. The lowest BCUT2D eigenvalue weighted by atomic mass is 10.0. The van der Waals surface area contributed by atoms with E-state index < -0.39 is 0 Å². The molecule has 0 aliphatic heterocycles. The van der Waals surface area contributed by atoms with Gasteiger partial charge >= 0.3 is 0 Å². The molecular formula is C36H52N6O. The van der Waals surface area contributed by atoms with Crippen LogP contribution in [-0.4, -0.2) is 27.7 Å². The SMILES string of the molecule is CC(=O)/C(C)=C/c1ccc(-c2nccc(Nc3ccc(/C(C=N)=N/N)cc3)n2)cc1C.CCCC.CCCCCC(C)C. The highest BCUT2D eigenvalue weighted by molar-refractivity contribution is 6.37. The Hall–Kier alpha value is -4.13. The highest BCUT2D eigenvalue weighted by atomic mass is 16.1. The maximum Gasteiger partial charge on any atom is 0.161 e. The molecule has 43 heavy (non-hydrogen) atoms. The number of hydrazone groups is 1. The number of hydrogen-bond donors (Lipinski definition) is 3. The molecule has 7 nitrogen and oxygen atoms in total. The van der Waals surface area contributed by atoms with Crippen LogP contribution in [0.5, 0.6) is 0 Å². The van der Waals surface area contributed by atoms with Crippen LogP contribution in [0.4, 0.5) is 11.5 Å². The third kappa shape index (κ3) is 14.1. The number of aromatic nitrogens is 2. The quantitative estimate of drug-likeness (QED) is 0.0644. The van der Waals surface area contributed by atoms with Crippen LogP contribution in [0.3, 0.4) is 0 Å². The molecule has 3 rings (SSSR count). The fourth-order valence-corrected chi connectivity index (χ4v) is 3.75. The summed E-state index contributed by atoms with van der Waals surface area (Å²) in [5.41, 5.74) is 5.65. The molecule has 3 aromatic rings. The van der Waals surface area contributed by atoms with Crippen LogP contribution in [0.15, 0.2) is 65.4 Å². The van der Waals surface area contributed by atoms with Crippen molar-refractivity contribution in [1.82, 2.24) is 9.97 Å². The van der Waals surface area contributed by atoms with Gasteiger partial charge in [-0.2, -0.15) is 5.10 Å². The highest BCUT2D eigenvalue weighted by Crippen LogP contribution is 2.23. The Morgan fingerprint density at radius 3 is 2.19 bits per heavy atom. The molecule has 0 atom stereocenters. The molecule has 0 bridgehead atoms. The summed E-state index contributed by atoms with van der Waals surface area (Å²) in [6, 6.07) is 15.1. The summed E-state index contributed by atoms with van der Waals surface area (Å²) < 4.78 is 0. The Labute approximate surface area is 259 Å². The minimum Gasteiger partial charge on any atom is -0.340 e. The van der Waals surface area contributed by atoms with Crippen LogP contribution in [0, 0.1) is 18.3 Å². The lowest BCUT2D eigenvalue weighted by Gasteiger charge is -2.09. The molecule has 0 unspecified atom stereocenters. The minimum atomic E-state index is 0.0583. The van der Waals surface area contributed by atoms with E-state index in [0.29, 0.717) is 17.4 Å². The van der Waals surface area contributed by atoms with Crippen molar-refractivity contribution in [2.24, 2.45) is 16.9 Å². The fraction of sp³-hybridized carbons (Fsp3) is 0.417. The Balaban J connectivity index is 0.000000651. The van der Waals surface area contributed by atoms with Gasteiger partial charge in [0.25, 0.3) is 0 Å². The molecule has 0 aliphatic rings. The molecule has 7 heteroatoms. The summed E-state index contributed by atoms with van der Waals surface area (Å²) in [6.07, 6.45) is 13.0. The molecular weight excluding hydrogens is 532 g/mol. The molecule has 0 saturated carbocycles. The first-order valence-electron chi connectivity index (χ1n) is 15.4. The van der Waals surface area contributed by atoms with Gasteiger partial charge in [0, 0.05) is 29.2 Å². The molecule has 0 aliphatic carbocycles. The molecule has 232 valence electrons. The smallest absolute Gasteiger partial charge is 0.161 e. The van der Waals surface area contributed by atoms with E-state index in [1.807, 2.05) is 62.4 Å². The lowest BCUT2D eigenvalue weighted by Crippen LogP contribution is -2.05. The molecule has 0 spiro atoms. The number of unbranched alkanes of at least 4 members (excludes halogenated alkanes) is 3. The van der Waals surface area contributed by atoms with Crippen molar-refractivity contribution in [1.29, 1.82) is 5.41 Å². The van der Waals surface area contributed by atoms with Crippen molar-refractivity contribution < 1.29 is 4.79 Å². The predicted molar refractivity (Wildman–Crippen MR) is 185 cm³/mol. The Morgan fingerprint density at radius 1 is 1.00 bits per heavy atom. The van der Waals surface area contributed by atoms with Gasteiger partial charge in [0.1, 0.15) is 11.5 Å². The van der Waals surface area contributed by atoms with Crippen molar-refractivity contribution in [2.75, 3.05) is 5.32 Å².